The van der Waals surface area contributed by atoms with Crippen LogP contribution in [0.15, 0.2) is 0 Å². The third-order valence-corrected chi connectivity index (χ3v) is 2.12. The molecule has 0 aliphatic heterocycles. The number of hydrogen-bond acceptors (Lipinski definition) is 5. The predicted molar refractivity (Wildman–Crippen MR) is 78.3 cm³/mol. The molecule has 0 saturated carbocycles. The van der Waals surface area contributed by atoms with E-state index in [2.05, 4.69) is 9.68 Å². The van der Waals surface area contributed by atoms with Crippen molar-refractivity contribution in [1.82, 2.24) is 15.9 Å². The van der Waals surface area contributed by atoms with Gasteiger partial charge in [-0.1, -0.05) is 0 Å². The smallest absolute Gasteiger partial charge is 0.282 e. The van der Waals surface area contributed by atoms with E-state index in [1.54, 1.807) is 0 Å². The van der Waals surface area contributed by atoms with Crippen molar-refractivity contribution in [3.05, 3.63) is 0 Å². The van der Waals surface area contributed by atoms with Crippen molar-refractivity contribution < 1.29 is 24.1 Å². The quantitative estimate of drug-likeness (QED) is 0.168. The highest BCUT2D eigenvalue weighted by molar-refractivity contribution is 14.1. The summed E-state index contributed by atoms with van der Waals surface area (Å²) in [5.41, 5.74) is 4.07. The molecule has 11 heteroatoms. The van der Waals surface area contributed by atoms with Gasteiger partial charge in [0, 0.05) is 67.8 Å². The summed E-state index contributed by atoms with van der Waals surface area (Å²) in [6, 6.07) is 0. The van der Waals surface area contributed by atoms with Gasteiger partial charge in [-0.2, -0.15) is 0 Å². The molecule has 0 aromatic heterocycles. The Bertz CT molecular complexity index is 256. The molecule has 2 N–H and O–H groups in total. The van der Waals surface area contributed by atoms with Crippen LogP contribution in [0.2, 0.25) is 0 Å². The van der Waals surface area contributed by atoms with Crippen LogP contribution in [-0.2, 0) is 9.68 Å². The van der Waals surface area contributed by atoms with Gasteiger partial charge in [-0.3, -0.25) is 29.0 Å². The van der Waals surface area contributed by atoms with E-state index in [4.69, 9.17) is 0 Å². The molecular formula is C5H6I3N3O5. The summed E-state index contributed by atoms with van der Waals surface area (Å²) in [4.78, 5) is 42.4. The van der Waals surface area contributed by atoms with Crippen LogP contribution in [0.5, 0.6) is 0 Å². The molecule has 16 heavy (non-hydrogen) atoms. The van der Waals surface area contributed by atoms with E-state index in [0.717, 1.165) is 4.90 Å². The summed E-state index contributed by atoms with van der Waals surface area (Å²) in [5, 5.41) is 0. The molecule has 0 saturated heterocycles. The van der Waals surface area contributed by atoms with Crippen LogP contribution < -0.4 is 11.0 Å². The lowest BCUT2D eigenvalue weighted by Crippen LogP contribution is -2.36. The Balaban J connectivity index is 3.84. The predicted octanol–water partition coefficient (Wildman–Crippen LogP) is 1.91. The molecule has 8 nitrogen and oxygen atoms in total. The molecule has 0 aliphatic rings. The second-order valence-corrected chi connectivity index (χ2v) is 4.97. The van der Waals surface area contributed by atoms with Crippen molar-refractivity contribution in [3.63, 3.8) is 0 Å². The van der Waals surface area contributed by atoms with Gasteiger partial charge in [-0.05, 0) is 0 Å². The van der Waals surface area contributed by atoms with Gasteiger partial charge in [0.25, 0.3) is 3.91 Å². The first-order chi connectivity index (χ1) is 7.43. The van der Waals surface area contributed by atoms with Crippen molar-refractivity contribution in [1.29, 1.82) is 0 Å². The number of nitrogens with zero attached hydrogens (tertiary/aromatic N) is 1. The normalized spacial score (nSPS) is 9.44. The zero-order chi connectivity index (χ0) is 12.6. The standard InChI is InChI=1S/C5H6I3N3O5/c6-3(12)9-15-1-11(5(8)14)2-16-10-4(7)13/h1-2H2,(H,9,12)(H,10,13). The largest absolute Gasteiger partial charge is 0.304 e. The van der Waals surface area contributed by atoms with Crippen LogP contribution in [0.4, 0.5) is 14.4 Å². The Morgan fingerprint density at radius 2 is 1.31 bits per heavy atom. The van der Waals surface area contributed by atoms with Crippen molar-refractivity contribution in [2.75, 3.05) is 13.5 Å². The minimum Gasteiger partial charge on any atom is -0.282 e. The molecule has 0 radical (unpaired) electrons. The van der Waals surface area contributed by atoms with E-state index >= 15 is 0 Å². The fourth-order valence-electron chi connectivity index (χ4n) is 0.473. The minimum atomic E-state index is -0.417. The molecule has 0 unspecified atom stereocenters. The van der Waals surface area contributed by atoms with Crippen molar-refractivity contribution >= 4 is 79.5 Å². The number of rotatable bonds is 6. The summed E-state index contributed by atoms with van der Waals surface area (Å²) >= 11 is 4.47. The maximum Gasteiger partial charge on any atom is 0.304 e. The van der Waals surface area contributed by atoms with E-state index in [9.17, 15) is 14.4 Å². The van der Waals surface area contributed by atoms with Crippen LogP contribution in [-0.4, -0.2) is 30.1 Å². The molecule has 0 fully saturated rings. The average Bonchev–Trinajstić information content (AvgIpc) is 2.14. The number of nitrogens with one attached hydrogen (secondary N) is 2. The molecule has 0 atom stereocenters. The van der Waals surface area contributed by atoms with Crippen LogP contribution in [0.1, 0.15) is 0 Å². The lowest BCUT2D eigenvalue weighted by Gasteiger charge is -2.18. The highest BCUT2D eigenvalue weighted by Crippen LogP contribution is 1.99. The highest BCUT2D eigenvalue weighted by Gasteiger charge is 2.11. The van der Waals surface area contributed by atoms with Gasteiger partial charge >= 0.3 is 7.83 Å². The van der Waals surface area contributed by atoms with Crippen molar-refractivity contribution in [3.8, 4) is 0 Å². The Hall–Kier alpha value is 0.520. The summed E-state index contributed by atoms with van der Waals surface area (Å²) in [6.07, 6.45) is 0. The molecular weight excluding hydrogens is 563 g/mol. The zero-order valence-corrected chi connectivity index (χ0v) is 14.0. The molecule has 0 heterocycles. The number of carbonyl (C=O) groups is 3. The second kappa shape index (κ2) is 9.54. The summed E-state index contributed by atoms with van der Waals surface area (Å²) < 4.78 is -1.19. The first-order valence-electron chi connectivity index (χ1n) is 3.52. The van der Waals surface area contributed by atoms with Gasteiger partial charge < -0.3 is 0 Å². The average molecular weight is 569 g/mol. The lowest BCUT2D eigenvalue weighted by atomic mass is 10.9. The maximum atomic E-state index is 11.0. The molecule has 0 rings (SSSR count). The number of halogens is 3. The number of hydrogen-bond donors (Lipinski definition) is 2. The molecule has 0 spiro atoms. The van der Waals surface area contributed by atoms with Crippen LogP contribution >= 0.6 is 67.8 Å². The molecule has 0 aliphatic carbocycles. The van der Waals surface area contributed by atoms with Gasteiger partial charge in [0.15, 0.2) is 13.5 Å². The molecule has 0 aromatic rings. The fraction of sp³-hybridized carbons (Fsp3) is 0.400. The maximum absolute atomic E-state index is 11.0. The number of hydroxylamine groups is 2. The second-order valence-electron chi connectivity index (χ2n) is 2.09. The number of carbonyl (C=O) groups excluding carboxylic acids is 3. The number of amides is 3. The van der Waals surface area contributed by atoms with E-state index in [-0.39, 0.29) is 17.4 Å². The Labute approximate surface area is 131 Å². The summed E-state index contributed by atoms with van der Waals surface area (Å²) in [5.74, 6) is 0. The van der Waals surface area contributed by atoms with Crippen molar-refractivity contribution in [2.24, 2.45) is 0 Å². The van der Waals surface area contributed by atoms with Crippen LogP contribution in [0.25, 0.3) is 0 Å². The third-order valence-electron chi connectivity index (χ3n) is 0.994. The SMILES string of the molecule is O=C(I)NOCN(CONC(=O)I)C(=O)I. The van der Waals surface area contributed by atoms with Gasteiger partial charge in [-0.25, -0.2) is 11.0 Å². The van der Waals surface area contributed by atoms with Gasteiger partial charge in [0.05, 0.1) is 0 Å². The Kier molecular flexibility index (Phi) is 9.85. The van der Waals surface area contributed by atoms with E-state index in [1.165, 1.54) is 67.8 Å². The molecule has 92 valence electrons. The Morgan fingerprint density at radius 3 is 1.56 bits per heavy atom. The van der Waals surface area contributed by atoms with E-state index in [0.29, 0.717) is 0 Å². The topological polar surface area (TPSA) is 97.0 Å². The van der Waals surface area contributed by atoms with Crippen LogP contribution in [0.3, 0.4) is 0 Å². The van der Waals surface area contributed by atoms with Gasteiger partial charge in [0.1, 0.15) is 0 Å². The van der Waals surface area contributed by atoms with Crippen LogP contribution in [0, 0.1) is 0 Å². The summed E-state index contributed by atoms with van der Waals surface area (Å²) in [6.45, 7) is -0.374. The van der Waals surface area contributed by atoms with E-state index in [1.807, 2.05) is 11.0 Å². The Morgan fingerprint density at radius 1 is 0.938 bits per heavy atom. The zero-order valence-electron chi connectivity index (χ0n) is 7.54. The minimum absolute atomic E-state index is 0.187. The van der Waals surface area contributed by atoms with E-state index < -0.39 is 7.83 Å². The van der Waals surface area contributed by atoms with Crippen molar-refractivity contribution in [2.45, 2.75) is 0 Å². The lowest BCUT2D eigenvalue weighted by molar-refractivity contribution is -0.0536. The third kappa shape index (κ3) is 9.73. The first-order valence-corrected chi connectivity index (χ1v) is 6.76. The molecule has 0 bridgehead atoms. The fourth-order valence-corrected chi connectivity index (χ4v) is 1.06. The first kappa shape index (κ1) is 16.5. The molecule has 3 amide bonds. The molecule has 0 aromatic carbocycles. The highest BCUT2D eigenvalue weighted by atomic mass is 127. The van der Waals surface area contributed by atoms with Gasteiger partial charge in [0.2, 0.25) is 0 Å². The summed E-state index contributed by atoms with van der Waals surface area (Å²) in [7, 11) is 0. The van der Waals surface area contributed by atoms with Gasteiger partial charge in [-0.15, -0.1) is 0 Å². The monoisotopic (exact) mass is 569 g/mol.